The van der Waals surface area contributed by atoms with Gasteiger partial charge in [0.1, 0.15) is 0 Å². The average Bonchev–Trinajstić information content (AvgIpc) is 2.24. The fourth-order valence-electron chi connectivity index (χ4n) is 1.97. The van der Waals surface area contributed by atoms with Gasteiger partial charge < -0.3 is 10.1 Å². The average molecular weight is 227 g/mol. The van der Waals surface area contributed by atoms with Gasteiger partial charge in [0, 0.05) is 17.9 Å². The van der Waals surface area contributed by atoms with E-state index in [1.807, 2.05) is 0 Å². The highest BCUT2D eigenvalue weighted by atomic mass is 16.5. The van der Waals surface area contributed by atoms with E-state index in [1.165, 1.54) is 0 Å². The van der Waals surface area contributed by atoms with Crippen molar-refractivity contribution in [3.63, 3.8) is 0 Å². The number of hydrogen-bond donors (Lipinski definition) is 1. The monoisotopic (exact) mass is 227 g/mol. The predicted octanol–water partition coefficient (Wildman–Crippen LogP) is 2.36. The number of carbonyl (C=O) groups is 1. The zero-order valence-electron chi connectivity index (χ0n) is 10.8. The Morgan fingerprint density at radius 3 is 2.56 bits per heavy atom. The Hall–Kier alpha value is -0.570. The first-order valence-corrected chi connectivity index (χ1v) is 6.47. The first-order valence-electron chi connectivity index (χ1n) is 6.47. The third kappa shape index (κ3) is 3.78. The summed E-state index contributed by atoms with van der Waals surface area (Å²) in [6.45, 7) is 8.72. The third-order valence-corrected chi connectivity index (χ3v) is 3.36. The predicted molar refractivity (Wildman–Crippen MR) is 65.2 cm³/mol. The van der Waals surface area contributed by atoms with Crippen LogP contribution in [0.1, 0.15) is 46.5 Å². The lowest BCUT2D eigenvalue weighted by Gasteiger charge is -2.38. The summed E-state index contributed by atoms with van der Waals surface area (Å²) in [5, 5.41) is 3.07. The highest BCUT2D eigenvalue weighted by Gasteiger charge is 2.34. The van der Waals surface area contributed by atoms with E-state index in [0.29, 0.717) is 0 Å². The normalized spacial score (nSPS) is 19.9. The van der Waals surface area contributed by atoms with E-state index in [-0.39, 0.29) is 17.2 Å². The van der Waals surface area contributed by atoms with Crippen LogP contribution in [0, 0.1) is 11.3 Å². The Bertz CT molecular complexity index is 224. The van der Waals surface area contributed by atoms with Crippen LogP contribution in [0.4, 0.5) is 0 Å². The van der Waals surface area contributed by atoms with Gasteiger partial charge in [-0.2, -0.15) is 0 Å². The Morgan fingerprint density at radius 2 is 2.12 bits per heavy atom. The summed E-state index contributed by atoms with van der Waals surface area (Å²) in [7, 11) is 0. The molecule has 1 N–H and O–H groups in total. The molecule has 0 aromatic rings. The quantitative estimate of drug-likeness (QED) is 0.725. The number of amides is 1. The SMILES string of the molecule is CCCCC(CC)C(=O)NCC1(C)COC1. The molecule has 3 heteroatoms. The molecular weight excluding hydrogens is 202 g/mol. The Morgan fingerprint density at radius 1 is 1.44 bits per heavy atom. The van der Waals surface area contributed by atoms with E-state index in [2.05, 4.69) is 26.1 Å². The molecule has 1 aliphatic heterocycles. The number of nitrogens with one attached hydrogen (secondary N) is 1. The molecule has 94 valence electrons. The lowest BCUT2D eigenvalue weighted by Crippen LogP contribution is -2.49. The van der Waals surface area contributed by atoms with Gasteiger partial charge in [0.25, 0.3) is 0 Å². The number of unbranched alkanes of at least 4 members (excludes halogenated alkanes) is 1. The van der Waals surface area contributed by atoms with Crippen molar-refractivity contribution in [3.05, 3.63) is 0 Å². The summed E-state index contributed by atoms with van der Waals surface area (Å²) in [5.41, 5.74) is 0.179. The number of hydrogen-bond acceptors (Lipinski definition) is 2. The van der Waals surface area contributed by atoms with Crippen molar-refractivity contribution < 1.29 is 9.53 Å². The fraction of sp³-hybridized carbons (Fsp3) is 0.923. The molecule has 0 aromatic carbocycles. The van der Waals surface area contributed by atoms with Gasteiger partial charge >= 0.3 is 0 Å². The van der Waals surface area contributed by atoms with Crippen LogP contribution in [-0.2, 0) is 9.53 Å². The van der Waals surface area contributed by atoms with Crippen molar-refractivity contribution in [2.45, 2.75) is 46.5 Å². The highest BCUT2D eigenvalue weighted by Crippen LogP contribution is 2.25. The second-order valence-electron chi connectivity index (χ2n) is 5.27. The van der Waals surface area contributed by atoms with Gasteiger partial charge in [0.15, 0.2) is 0 Å². The summed E-state index contributed by atoms with van der Waals surface area (Å²) in [6, 6.07) is 0. The minimum absolute atomic E-state index is 0.179. The molecule has 0 aromatic heterocycles. The maximum Gasteiger partial charge on any atom is 0.223 e. The number of ether oxygens (including phenoxy) is 1. The van der Waals surface area contributed by atoms with Crippen LogP contribution in [0.3, 0.4) is 0 Å². The van der Waals surface area contributed by atoms with Crippen molar-refractivity contribution in [1.29, 1.82) is 0 Å². The molecule has 3 nitrogen and oxygen atoms in total. The van der Waals surface area contributed by atoms with Gasteiger partial charge in [-0.05, 0) is 12.8 Å². The molecule has 1 aliphatic rings. The van der Waals surface area contributed by atoms with E-state index in [0.717, 1.165) is 45.4 Å². The highest BCUT2D eigenvalue weighted by molar-refractivity contribution is 5.78. The molecule has 1 rings (SSSR count). The topological polar surface area (TPSA) is 38.3 Å². The van der Waals surface area contributed by atoms with E-state index < -0.39 is 0 Å². The molecule has 0 bridgehead atoms. The van der Waals surface area contributed by atoms with Gasteiger partial charge in [-0.1, -0.05) is 33.6 Å². The van der Waals surface area contributed by atoms with Crippen LogP contribution in [-0.4, -0.2) is 25.7 Å². The summed E-state index contributed by atoms with van der Waals surface area (Å²) >= 11 is 0. The summed E-state index contributed by atoms with van der Waals surface area (Å²) in [6.07, 6.45) is 4.27. The minimum Gasteiger partial charge on any atom is -0.380 e. The molecular formula is C13H25NO2. The van der Waals surface area contributed by atoms with Crippen molar-refractivity contribution in [2.75, 3.05) is 19.8 Å². The van der Waals surface area contributed by atoms with E-state index in [4.69, 9.17) is 4.74 Å². The van der Waals surface area contributed by atoms with Crippen LogP contribution in [0.15, 0.2) is 0 Å². The summed E-state index contributed by atoms with van der Waals surface area (Å²) in [5.74, 6) is 0.425. The zero-order valence-corrected chi connectivity index (χ0v) is 10.8. The molecule has 0 aliphatic carbocycles. The second kappa shape index (κ2) is 6.24. The van der Waals surface area contributed by atoms with Crippen LogP contribution in [0.5, 0.6) is 0 Å². The van der Waals surface area contributed by atoms with Gasteiger partial charge in [-0.25, -0.2) is 0 Å². The van der Waals surface area contributed by atoms with E-state index >= 15 is 0 Å². The summed E-state index contributed by atoms with van der Waals surface area (Å²) in [4.78, 5) is 11.9. The molecule has 0 spiro atoms. The van der Waals surface area contributed by atoms with Crippen LogP contribution >= 0.6 is 0 Å². The Balaban J connectivity index is 2.25. The van der Waals surface area contributed by atoms with Crippen molar-refractivity contribution in [3.8, 4) is 0 Å². The molecule has 1 amide bonds. The lowest BCUT2D eigenvalue weighted by atomic mass is 9.88. The number of rotatable bonds is 7. The van der Waals surface area contributed by atoms with Crippen LogP contribution in [0.2, 0.25) is 0 Å². The van der Waals surface area contributed by atoms with Gasteiger partial charge in [0.05, 0.1) is 13.2 Å². The first-order chi connectivity index (χ1) is 7.61. The van der Waals surface area contributed by atoms with Crippen LogP contribution in [0.25, 0.3) is 0 Å². The summed E-state index contributed by atoms with van der Waals surface area (Å²) < 4.78 is 5.17. The maximum atomic E-state index is 11.9. The first kappa shape index (κ1) is 13.5. The standard InChI is InChI=1S/C13H25NO2/c1-4-6-7-11(5-2)12(15)14-8-13(3)9-16-10-13/h11H,4-10H2,1-3H3,(H,14,15). The van der Waals surface area contributed by atoms with E-state index in [9.17, 15) is 4.79 Å². The third-order valence-electron chi connectivity index (χ3n) is 3.36. The molecule has 1 unspecified atom stereocenters. The molecule has 0 saturated carbocycles. The van der Waals surface area contributed by atoms with Gasteiger partial charge in [-0.3, -0.25) is 4.79 Å². The van der Waals surface area contributed by atoms with E-state index in [1.54, 1.807) is 0 Å². The fourth-order valence-corrected chi connectivity index (χ4v) is 1.97. The molecule has 1 heterocycles. The van der Waals surface area contributed by atoms with Crippen molar-refractivity contribution >= 4 is 5.91 Å². The van der Waals surface area contributed by atoms with Crippen molar-refractivity contribution in [2.24, 2.45) is 11.3 Å². The zero-order chi connectivity index (χ0) is 12.0. The molecule has 16 heavy (non-hydrogen) atoms. The Kier molecular flexibility index (Phi) is 5.26. The largest absolute Gasteiger partial charge is 0.380 e. The smallest absolute Gasteiger partial charge is 0.223 e. The minimum atomic E-state index is 0.179. The Labute approximate surface area is 98.9 Å². The molecule has 1 fully saturated rings. The maximum absolute atomic E-state index is 11.9. The van der Waals surface area contributed by atoms with Crippen molar-refractivity contribution in [1.82, 2.24) is 5.32 Å². The lowest BCUT2D eigenvalue weighted by molar-refractivity contribution is -0.130. The second-order valence-corrected chi connectivity index (χ2v) is 5.27. The van der Waals surface area contributed by atoms with Gasteiger partial charge in [0.2, 0.25) is 5.91 Å². The molecule has 1 atom stereocenters. The van der Waals surface area contributed by atoms with Crippen LogP contribution < -0.4 is 5.32 Å². The molecule has 0 radical (unpaired) electrons. The molecule has 1 saturated heterocycles. The van der Waals surface area contributed by atoms with Gasteiger partial charge in [-0.15, -0.1) is 0 Å². The number of carbonyl (C=O) groups excluding carboxylic acids is 1.